The largest absolute Gasteiger partial charge is 0.497 e. The minimum atomic E-state index is -0.595. The molecule has 1 heterocycles. The van der Waals surface area contributed by atoms with Gasteiger partial charge in [-0.1, -0.05) is 42.5 Å². The normalized spacial score (nSPS) is 21.4. The van der Waals surface area contributed by atoms with Crippen molar-refractivity contribution in [3.8, 4) is 17.2 Å². The van der Waals surface area contributed by atoms with Gasteiger partial charge in [0, 0.05) is 6.42 Å². The summed E-state index contributed by atoms with van der Waals surface area (Å²) in [5, 5.41) is 1.81. The molecule has 1 amide bonds. The van der Waals surface area contributed by atoms with E-state index in [1.807, 2.05) is 73.5 Å². The lowest BCUT2D eigenvalue weighted by Gasteiger charge is -2.25. The molecule has 1 fully saturated rings. The van der Waals surface area contributed by atoms with Crippen molar-refractivity contribution in [2.75, 3.05) is 20.8 Å². The third-order valence-electron chi connectivity index (χ3n) is 6.63. The van der Waals surface area contributed by atoms with Crippen LogP contribution in [0.2, 0.25) is 0 Å². The van der Waals surface area contributed by atoms with Crippen LogP contribution in [0.25, 0.3) is 0 Å². The Balaban J connectivity index is 1.49. The lowest BCUT2D eigenvalue weighted by Crippen LogP contribution is -2.43. The second-order valence-electron chi connectivity index (χ2n) is 9.27. The molecular formula is C28H34N2O4. The van der Waals surface area contributed by atoms with Crippen LogP contribution in [0.5, 0.6) is 17.2 Å². The zero-order chi connectivity index (χ0) is 24.1. The predicted octanol–water partition coefficient (Wildman–Crippen LogP) is 5.01. The number of nitrogens with zero attached hydrogens (tertiary/aromatic N) is 1. The molecule has 1 unspecified atom stereocenters. The molecule has 0 bridgehead atoms. The second kappa shape index (κ2) is 10.3. The summed E-state index contributed by atoms with van der Waals surface area (Å²) < 4.78 is 16.9. The van der Waals surface area contributed by atoms with Crippen LogP contribution in [0, 0.1) is 5.41 Å². The number of carbonyl (C=O) groups is 1. The quantitative estimate of drug-likeness (QED) is 0.597. The monoisotopic (exact) mass is 462 g/mol. The van der Waals surface area contributed by atoms with Crippen LogP contribution in [-0.2, 0) is 11.2 Å². The number of amides is 1. The Hall–Kier alpha value is -3.25. The summed E-state index contributed by atoms with van der Waals surface area (Å²) >= 11 is 0. The number of hydrogen-bond donors (Lipinski definition) is 1. The van der Waals surface area contributed by atoms with E-state index >= 15 is 0 Å². The average molecular weight is 463 g/mol. The van der Waals surface area contributed by atoms with Gasteiger partial charge in [-0.15, -0.1) is 0 Å². The molecule has 6 nitrogen and oxygen atoms in total. The third-order valence-corrected chi connectivity index (χ3v) is 6.63. The van der Waals surface area contributed by atoms with Crippen LogP contribution >= 0.6 is 0 Å². The van der Waals surface area contributed by atoms with E-state index in [-0.39, 0.29) is 18.0 Å². The Kier molecular flexibility index (Phi) is 7.27. The SMILES string of the molecule is COc1ccc(CCOc2cc(C3NN([C@H]4C=CC=CCC4)C(=O)C3(C)C)ccc2OC)cc1. The molecule has 0 saturated carbocycles. The Morgan fingerprint density at radius 1 is 1.03 bits per heavy atom. The van der Waals surface area contributed by atoms with Gasteiger partial charge < -0.3 is 14.2 Å². The summed E-state index contributed by atoms with van der Waals surface area (Å²) in [5.41, 5.74) is 5.07. The summed E-state index contributed by atoms with van der Waals surface area (Å²) in [4.78, 5) is 13.3. The van der Waals surface area contributed by atoms with Gasteiger partial charge in [-0.2, -0.15) is 0 Å². The molecule has 0 spiro atoms. The van der Waals surface area contributed by atoms with E-state index in [0.717, 1.165) is 30.6 Å². The van der Waals surface area contributed by atoms with Crippen LogP contribution < -0.4 is 19.6 Å². The van der Waals surface area contributed by atoms with Crippen LogP contribution in [0.15, 0.2) is 66.8 Å². The lowest BCUT2D eigenvalue weighted by atomic mass is 9.81. The van der Waals surface area contributed by atoms with Crippen LogP contribution in [0.1, 0.15) is 43.9 Å². The number of allylic oxidation sites excluding steroid dienone is 3. The van der Waals surface area contributed by atoms with Crippen molar-refractivity contribution in [3.05, 3.63) is 77.9 Å². The molecule has 0 aromatic heterocycles. The van der Waals surface area contributed by atoms with Crippen LogP contribution in [0.3, 0.4) is 0 Å². The van der Waals surface area contributed by atoms with Crippen LogP contribution in [-0.4, -0.2) is 37.8 Å². The van der Waals surface area contributed by atoms with Crippen molar-refractivity contribution in [1.29, 1.82) is 0 Å². The topological polar surface area (TPSA) is 60.0 Å². The van der Waals surface area contributed by atoms with Crippen LogP contribution in [0.4, 0.5) is 0 Å². The minimum absolute atomic E-state index is 0.0326. The molecule has 2 aromatic rings. The van der Waals surface area contributed by atoms with Crippen molar-refractivity contribution in [3.63, 3.8) is 0 Å². The van der Waals surface area contributed by atoms with Gasteiger partial charge in [0.25, 0.3) is 0 Å². The molecular weight excluding hydrogens is 428 g/mol. The minimum Gasteiger partial charge on any atom is -0.497 e. The van der Waals surface area contributed by atoms with Crippen molar-refractivity contribution >= 4 is 5.91 Å². The van der Waals surface area contributed by atoms with Gasteiger partial charge in [0.15, 0.2) is 11.5 Å². The Morgan fingerprint density at radius 2 is 1.82 bits per heavy atom. The molecule has 6 heteroatoms. The first kappa shape index (κ1) is 23.9. The van der Waals surface area contributed by atoms with E-state index in [9.17, 15) is 4.79 Å². The molecule has 0 radical (unpaired) electrons. The molecule has 1 N–H and O–H groups in total. The zero-order valence-electron chi connectivity index (χ0n) is 20.4. The lowest BCUT2D eigenvalue weighted by molar-refractivity contribution is -0.137. The maximum atomic E-state index is 13.3. The maximum absolute atomic E-state index is 13.3. The smallest absolute Gasteiger partial charge is 0.244 e. The van der Waals surface area contributed by atoms with E-state index in [0.29, 0.717) is 18.1 Å². The summed E-state index contributed by atoms with van der Waals surface area (Å²) in [6.07, 6.45) is 10.9. The molecule has 1 saturated heterocycles. The highest BCUT2D eigenvalue weighted by Gasteiger charge is 2.49. The van der Waals surface area contributed by atoms with E-state index in [1.54, 1.807) is 14.2 Å². The van der Waals surface area contributed by atoms with Crippen molar-refractivity contribution in [2.45, 2.75) is 45.2 Å². The molecule has 2 aromatic carbocycles. The number of ether oxygens (including phenoxy) is 3. The predicted molar refractivity (Wildman–Crippen MR) is 133 cm³/mol. The van der Waals surface area contributed by atoms with Crippen molar-refractivity contribution < 1.29 is 19.0 Å². The van der Waals surface area contributed by atoms with Gasteiger partial charge in [0.1, 0.15) is 5.75 Å². The number of benzene rings is 2. The first-order chi connectivity index (χ1) is 16.4. The molecule has 4 rings (SSSR count). The summed E-state index contributed by atoms with van der Waals surface area (Å²) in [6, 6.07) is 13.8. The fourth-order valence-corrected chi connectivity index (χ4v) is 4.53. The maximum Gasteiger partial charge on any atom is 0.244 e. The Morgan fingerprint density at radius 3 is 2.56 bits per heavy atom. The fraction of sp³-hybridized carbons (Fsp3) is 0.393. The summed E-state index contributed by atoms with van der Waals surface area (Å²) in [6.45, 7) is 4.51. The van der Waals surface area contributed by atoms with E-state index < -0.39 is 5.41 Å². The molecule has 180 valence electrons. The molecule has 1 aliphatic carbocycles. The standard InChI is InChI=1S/C28H34N2O4/c1-28(2)26(29-30(27(28)31)22-9-7-5-6-8-10-22)21-13-16-24(33-4)25(19-21)34-18-17-20-11-14-23(32-3)15-12-20/h5-7,9,11-16,19,22,26,29H,8,10,17-18H2,1-4H3/t22-,26?/m0/s1. The first-order valence-electron chi connectivity index (χ1n) is 11.8. The Bertz CT molecular complexity index is 1060. The third kappa shape index (κ3) is 4.97. The first-order valence-corrected chi connectivity index (χ1v) is 11.8. The number of rotatable bonds is 8. The van der Waals surface area contributed by atoms with E-state index in [4.69, 9.17) is 14.2 Å². The van der Waals surface area contributed by atoms with E-state index in [1.165, 1.54) is 5.56 Å². The van der Waals surface area contributed by atoms with Crippen molar-refractivity contribution in [2.24, 2.45) is 5.41 Å². The number of hydrazine groups is 1. The highest BCUT2D eigenvalue weighted by molar-refractivity contribution is 5.85. The highest BCUT2D eigenvalue weighted by Crippen LogP contribution is 2.43. The summed E-state index contributed by atoms with van der Waals surface area (Å²) in [5.74, 6) is 2.29. The van der Waals surface area contributed by atoms with Crippen molar-refractivity contribution in [1.82, 2.24) is 10.4 Å². The molecule has 2 aliphatic rings. The molecule has 2 atom stereocenters. The second-order valence-corrected chi connectivity index (χ2v) is 9.27. The molecule has 34 heavy (non-hydrogen) atoms. The van der Waals surface area contributed by atoms with Gasteiger partial charge in [-0.25, -0.2) is 5.43 Å². The summed E-state index contributed by atoms with van der Waals surface area (Å²) in [7, 11) is 3.30. The van der Waals surface area contributed by atoms with Gasteiger partial charge in [0.05, 0.1) is 38.3 Å². The van der Waals surface area contributed by atoms with Gasteiger partial charge in [0.2, 0.25) is 5.91 Å². The zero-order valence-corrected chi connectivity index (χ0v) is 20.4. The fourth-order valence-electron chi connectivity index (χ4n) is 4.53. The van der Waals surface area contributed by atoms with E-state index in [2.05, 4.69) is 17.6 Å². The average Bonchev–Trinajstić information content (AvgIpc) is 3.02. The molecule has 1 aliphatic heterocycles. The van der Waals surface area contributed by atoms with Gasteiger partial charge in [-0.3, -0.25) is 9.80 Å². The highest BCUT2D eigenvalue weighted by atomic mass is 16.5. The van der Waals surface area contributed by atoms with Gasteiger partial charge in [-0.05, 0) is 62.1 Å². The van der Waals surface area contributed by atoms with Gasteiger partial charge >= 0.3 is 0 Å². The number of methoxy groups -OCH3 is 2. The Labute approximate surface area is 202 Å². The number of carbonyl (C=O) groups excluding carboxylic acids is 1. The number of nitrogens with one attached hydrogen (secondary N) is 1. The number of hydrogen-bond acceptors (Lipinski definition) is 5.